The molecule has 0 aromatic rings. The number of cyclic esters (lactones) is 1. The van der Waals surface area contributed by atoms with Gasteiger partial charge in [0, 0.05) is 38.0 Å². The molecule has 5 aliphatic heterocycles. The molecule has 0 aliphatic carbocycles. The van der Waals surface area contributed by atoms with Crippen LogP contribution in [-0.4, -0.2) is 119 Å². The number of aliphatic hydroxyl groups excluding tert-OH is 1. The van der Waals surface area contributed by atoms with Crippen LogP contribution in [0.4, 0.5) is 0 Å². The predicted octanol–water partition coefficient (Wildman–Crippen LogP) is 0.288. The van der Waals surface area contributed by atoms with Crippen molar-refractivity contribution in [2.24, 2.45) is 11.8 Å². The highest BCUT2D eigenvalue weighted by Gasteiger charge is 2.71. The van der Waals surface area contributed by atoms with Crippen LogP contribution < -0.4 is 0 Å². The molecule has 6 atom stereocenters. The maximum absolute atomic E-state index is 14.1. The van der Waals surface area contributed by atoms with Gasteiger partial charge in [-0.3, -0.25) is 19.3 Å². The van der Waals surface area contributed by atoms with Gasteiger partial charge < -0.3 is 24.4 Å². The van der Waals surface area contributed by atoms with E-state index in [1.54, 1.807) is 11.8 Å². The van der Waals surface area contributed by atoms with E-state index in [1.165, 1.54) is 11.8 Å². The van der Waals surface area contributed by atoms with E-state index in [4.69, 9.17) is 9.47 Å². The molecule has 1 unspecified atom stereocenters. The summed E-state index contributed by atoms with van der Waals surface area (Å²) in [5.41, 5.74) is 0. The Labute approximate surface area is 210 Å². The standard InChI is InChI=1S/C25H35N3O6S/c1-17(16-29)28-21-23(31)27(10-9-26-11-14-33-15-12-26)8-5-7-25(21)20(22(28)30)19-18(35-25)6-3-2-4-13-34-24(19)32/h3,5-7,17-21,29H,2,4,8-16H2,1H3/b6-3-/t17-,18+,19-,20+,21?,25+/m1/s1. The van der Waals surface area contributed by atoms with Crippen molar-refractivity contribution in [3.8, 4) is 0 Å². The van der Waals surface area contributed by atoms with Crippen LogP contribution in [0.3, 0.4) is 0 Å². The Morgan fingerprint density at radius 1 is 1.14 bits per heavy atom. The number of morpholine rings is 1. The molecule has 0 aromatic carbocycles. The molecule has 5 rings (SSSR count). The number of aliphatic hydroxyl groups is 1. The average Bonchev–Trinajstić information content (AvgIpc) is 3.29. The van der Waals surface area contributed by atoms with Crippen LogP contribution in [-0.2, 0) is 23.9 Å². The number of carbonyl (C=O) groups excluding carboxylic acids is 3. The molecule has 192 valence electrons. The van der Waals surface area contributed by atoms with Crippen molar-refractivity contribution in [2.45, 2.75) is 41.8 Å². The van der Waals surface area contributed by atoms with E-state index in [2.05, 4.69) is 11.0 Å². The van der Waals surface area contributed by atoms with Crippen LogP contribution in [0, 0.1) is 11.8 Å². The minimum Gasteiger partial charge on any atom is -0.465 e. The van der Waals surface area contributed by atoms with Crippen LogP contribution in [0.15, 0.2) is 24.3 Å². The summed E-state index contributed by atoms with van der Waals surface area (Å²) in [5, 5.41) is 9.76. The van der Waals surface area contributed by atoms with Crippen molar-refractivity contribution < 1.29 is 29.0 Å². The van der Waals surface area contributed by atoms with Crippen LogP contribution in [0.1, 0.15) is 19.8 Å². The number of fused-ring (bicyclic) bond motifs is 2. The molecule has 1 spiro atoms. The minimum atomic E-state index is -0.872. The molecule has 3 saturated heterocycles. The summed E-state index contributed by atoms with van der Waals surface area (Å²) in [6.45, 7) is 6.66. The van der Waals surface area contributed by atoms with Gasteiger partial charge in [0.2, 0.25) is 11.8 Å². The minimum absolute atomic E-state index is 0.115. The molecule has 3 fully saturated rings. The van der Waals surface area contributed by atoms with Crippen LogP contribution >= 0.6 is 11.8 Å². The number of amides is 2. The van der Waals surface area contributed by atoms with Gasteiger partial charge in [0.15, 0.2) is 0 Å². The lowest BCUT2D eigenvalue weighted by molar-refractivity contribution is -0.153. The van der Waals surface area contributed by atoms with Gasteiger partial charge in [-0.25, -0.2) is 0 Å². The third kappa shape index (κ3) is 4.32. The molecule has 5 heterocycles. The first-order valence-corrected chi connectivity index (χ1v) is 13.6. The first-order chi connectivity index (χ1) is 17.0. The molecular formula is C25H35N3O6S. The van der Waals surface area contributed by atoms with Gasteiger partial charge in [0.05, 0.1) is 49.1 Å². The Kier molecular flexibility index (Phi) is 7.25. The number of ether oxygens (including phenoxy) is 2. The number of nitrogens with zero attached hydrogens (tertiary/aromatic N) is 3. The summed E-state index contributed by atoms with van der Waals surface area (Å²) in [6, 6.07) is -1.30. The monoisotopic (exact) mass is 505 g/mol. The van der Waals surface area contributed by atoms with Gasteiger partial charge in [0.25, 0.3) is 0 Å². The summed E-state index contributed by atoms with van der Waals surface area (Å²) in [7, 11) is 0. The summed E-state index contributed by atoms with van der Waals surface area (Å²) in [5.74, 6) is -2.08. The summed E-state index contributed by atoms with van der Waals surface area (Å²) >= 11 is 1.54. The Morgan fingerprint density at radius 3 is 2.71 bits per heavy atom. The molecule has 9 nitrogen and oxygen atoms in total. The highest BCUT2D eigenvalue weighted by atomic mass is 32.2. The second-order valence-electron chi connectivity index (χ2n) is 10.00. The highest BCUT2D eigenvalue weighted by Crippen LogP contribution is 2.61. The molecular weight excluding hydrogens is 470 g/mol. The topological polar surface area (TPSA) is 99.6 Å². The fraction of sp³-hybridized carbons (Fsp3) is 0.720. The smallest absolute Gasteiger partial charge is 0.311 e. The molecule has 0 aromatic heterocycles. The molecule has 10 heteroatoms. The number of allylic oxidation sites excluding steroid dienone is 1. The normalized spacial score (nSPS) is 37.5. The Bertz CT molecular complexity index is 906. The van der Waals surface area contributed by atoms with Crippen molar-refractivity contribution in [3.05, 3.63) is 24.3 Å². The fourth-order valence-corrected chi connectivity index (χ4v) is 8.08. The van der Waals surface area contributed by atoms with E-state index >= 15 is 0 Å². The van der Waals surface area contributed by atoms with E-state index < -0.39 is 28.7 Å². The zero-order valence-electron chi connectivity index (χ0n) is 20.2. The lowest BCUT2D eigenvalue weighted by atomic mass is 9.78. The van der Waals surface area contributed by atoms with E-state index in [0.717, 1.165) is 32.5 Å². The number of thioether (sulfide) groups is 1. The summed E-state index contributed by atoms with van der Waals surface area (Å²) in [6.07, 6.45) is 9.64. The maximum atomic E-state index is 14.1. The largest absolute Gasteiger partial charge is 0.465 e. The number of rotatable bonds is 5. The summed E-state index contributed by atoms with van der Waals surface area (Å²) < 4.78 is 10.1. The van der Waals surface area contributed by atoms with Crippen LogP contribution in [0.25, 0.3) is 0 Å². The molecule has 5 aliphatic rings. The zero-order chi connectivity index (χ0) is 24.6. The first kappa shape index (κ1) is 24.8. The second kappa shape index (κ2) is 10.2. The van der Waals surface area contributed by atoms with Gasteiger partial charge >= 0.3 is 5.97 Å². The van der Waals surface area contributed by atoms with E-state index in [0.29, 0.717) is 32.9 Å². The van der Waals surface area contributed by atoms with Crippen molar-refractivity contribution in [2.75, 3.05) is 59.2 Å². The lowest BCUT2D eigenvalue weighted by Gasteiger charge is -2.38. The van der Waals surface area contributed by atoms with Gasteiger partial charge in [-0.2, -0.15) is 0 Å². The maximum Gasteiger partial charge on any atom is 0.311 e. The third-order valence-electron chi connectivity index (χ3n) is 7.90. The number of esters is 1. The fourth-order valence-electron chi connectivity index (χ4n) is 6.09. The van der Waals surface area contributed by atoms with Gasteiger partial charge in [-0.05, 0) is 19.8 Å². The quantitative estimate of drug-likeness (QED) is 0.421. The zero-order valence-corrected chi connectivity index (χ0v) is 21.0. The molecule has 0 saturated carbocycles. The molecule has 1 N–H and O–H groups in total. The van der Waals surface area contributed by atoms with Crippen molar-refractivity contribution in [3.63, 3.8) is 0 Å². The van der Waals surface area contributed by atoms with Gasteiger partial charge in [-0.15, -0.1) is 11.8 Å². The Balaban J connectivity index is 1.49. The summed E-state index contributed by atoms with van der Waals surface area (Å²) in [4.78, 5) is 46.9. The lowest BCUT2D eigenvalue weighted by Crippen LogP contribution is -2.56. The average molecular weight is 506 g/mol. The second-order valence-corrected chi connectivity index (χ2v) is 11.5. The Hall–Kier alpha value is -1.88. The number of carbonyl (C=O) groups is 3. The van der Waals surface area contributed by atoms with E-state index in [-0.39, 0.29) is 29.6 Å². The highest BCUT2D eigenvalue weighted by molar-refractivity contribution is 8.02. The molecule has 2 amide bonds. The van der Waals surface area contributed by atoms with Gasteiger partial charge in [0.1, 0.15) is 6.04 Å². The first-order valence-electron chi connectivity index (χ1n) is 12.7. The van der Waals surface area contributed by atoms with E-state index in [1.807, 2.05) is 23.1 Å². The molecule has 35 heavy (non-hydrogen) atoms. The van der Waals surface area contributed by atoms with Gasteiger partial charge in [-0.1, -0.05) is 24.3 Å². The SMILES string of the molecule is C[C@H](CO)N1C(=O)[C@@H]2[C@@H]3C(=O)OCCC/C=C\[C@@H]3S[C@@]23C=CCN(CCN2CCOCC2)C(=O)C13. The number of hydrogen-bond donors (Lipinski definition) is 1. The van der Waals surface area contributed by atoms with Crippen molar-refractivity contribution >= 4 is 29.5 Å². The van der Waals surface area contributed by atoms with Crippen LogP contribution in [0.5, 0.6) is 0 Å². The van der Waals surface area contributed by atoms with Crippen molar-refractivity contribution in [1.82, 2.24) is 14.7 Å². The number of hydrogen-bond acceptors (Lipinski definition) is 8. The Morgan fingerprint density at radius 2 is 1.94 bits per heavy atom. The van der Waals surface area contributed by atoms with Crippen LogP contribution in [0.2, 0.25) is 0 Å². The molecule has 0 radical (unpaired) electrons. The molecule has 0 bridgehead atoms. The predicted molar refractivity (Wildman–Crippen MR) is 131 cm³/mol. The third-order valence-corrected chi connectivity index (χ3v) is 9.65. The van der Waals surface area contributed by atoms with E-state index in [9.17, 15) is 19.5 Å². The number of likely N-dealkylation sites (tertiary alicyclic amines) is 1. The van der Waals surface area contributed by atoms with Crippen molar-refractivity contribution in [1.29, 1.82) is 0 Å².